The van der Waals surface area contributed by atoms with Gasteiger partial charge in [0.15, 0.2) is 0 Å². The molecule has 1 N–H and O–H groups in total. The number of rotatable bonds is 5. The van der Waals surface area contributed by atoms with Crippen LogP contribution in [0.2, 0.25) is 0 Å². The molecule has 1 heterocycles. The van der Waals surface area contributed by atoms with Crippen LogP contribution in [-0.4, -0.2) is 36.9 Å². The van der Waals surface area contributed by atoms with E-state index in [1.807, 2.05) is 13.1 Å². The second-order valence-corrected chi connectivity index (χ2v) is 4.23. The zero-order valence-electron chi connectivity index (χ0n) is 9.87. The molecule has 1 rings (SSSR count). The molecule has 0 spiro atoms. The Morgan fingerprint density at radius 3 is 3.00 bits per heavy atom. The summed E-state index contributed by atoms with van der Waals surface area (Å²) in [7, 11) is 1.82. The molecule has 0 bridgehead atoms. The molecular weight excluding hydrogens is 204 g/mol. The fraction of sp³-hybridized carbons (Fsp3) is 0.667. The predicted molar refractivity (Wildman–Crippen MR) is 62.8 cm³/mol. The number of allylic oxidation sites excluding steroid dienone is 1. The van der Waals surface area contributed by atoms with Gasteiger partial charge >= 0.3 is 0 Å². The van der Waals surface area contributed by atoms with E-state index in [-0.39, 0.29) is 17.7 Å². The van der Waals surface area contributed by atoms with Gasteiger partial charge in [0.25, 0.3) is 0 Å². The Labute approximate surface area is 96.7 Å². The molecule has 0 aromatic heterocycles. The molecule has 1 aliphatic rings. The van der Waals surface area contributed by atoms with E-state index >= 15 is 0 Å². The van der Waals surface area contributed by atoms with Gasteiger partial charge in [0.1, 0.15) is 0 Å². The summed E-state index contributed by atoms with van der Waals surface area (Å²) >= 11 is 0. The van der Waals surface area contributed by atoms with Crippen molar-refractivity contribution in [3.8, 4) is 0 Å². The fourth-order valence-corrected chi connectivity index (χ4v) is 1.84. The Kier molecular flexibility index (Phi) is 5.02. The van der Waals surface area contributed by atoms with Gasteiger partial charge in [-0.1, -0.05) is 6.08 Å². The maximum Gasteiger partial charge on any atom is 0.227 e. The average Bonchev–Trinajstić information content (AvgIpc) is 2.29. The van der Waals surface area contributed by atoms with E-state index in [1.54, 1.807) is 4.90 Å². The van der Waals surface area contributed by atoms with E-state index in [4.69, 9.17) is 0 Å². The molecule has 0 aromatic rings. The van der Waals surface area contributed by atoms with Gasteiger partial charge in [-0.2, -0.15) is 0 Å². The van der Waals surface area contributed by atoms with E-state index in [0.29, 0.717) is 19.4 Å². The number of nitrogens with zero attached hydrogens (tertiary/aromatic N) is 1. The third kappa shape index (κ3) is 3.68. The summed E-state index contributed by atoms with van der Waals surface area (Å²) in [5.41, 5.74) is 0. The summed E-state index contributed by atoms with van der Waals surface area (Å²) in [5.74, 6) is 0.161. The topological polar surface area (TPSA) is 49.4 Å². The van der Waals surface area contributed by atoms with Crippen LogP contribution in [0.15, 0.2) is 12.7 Å². The number of unbranched alkanes of at least 4 members (excludes halogenated alkanes) is 1. The van der Waals surface area contributed by atoms with Gasteiger partial charge in [-0.05, 0) is 19.3 Å². The minimum Gasteiger partial charge on any atom is -0.355 e. The van der Waals surface area contributed by atoms with Crippen molar-refractivity contribution in [1.29, 1.82) is 0 Å². The Morgan fingerprint density at radius 2 is 2.44 bits per heavy atom. The molecule has 2 amide bonds. The van der Waals surface area contributed by atoms with Crippen molar-refractivity contribution in [2.75, 3.05) is 20.1 Å². The minimum atomic E-state index is -0.0357. The number of carbonyl (C=O) groups is 2. The SMILES string of the molecule is C=CCCCN(C)C(=O)C1CCC(=O)NC1. The molecule has 1 unspecified atom stereocenters. The lowest BCUT2D eigenvalue weighted by atomic mass is 9.98. The maximum atomic E-state index is 11.9. The molecule has 4 nitrogen and oxygen atoms in total. The second-order valence-electron chi connectivity index (χ2n) is 4.23. The van der Waals surface area contributed by atoms with Crippen molar-refractivity contribution >= 4 is 11.8 Å². The summed E-state index contributed by atoms with van der Waals surface area (Å²) < 4.78 is 0. The van der Waals surface area contributed by atoms with Crippen molar-refractivity contribution in [1.82, 2.24) is 10.2 Å². The van der Waals surface area contributed by atoms with E-state index in [9.17, 15) is 9.59 Å². The van der Waals surface area contributed by atoms with Crippen molar-refractivity contribution in [2.24, 2.45) is 5.92 Å². The Balaban J connectivity index is 2.32. The van der Waals surface area contributed by atoms with E-state index in [0.717, 1.165) is 19.4 Å². The number of carbonyl (C=O) groups excluding carboxylic acids is 2. The van der Waals surface area contributed by atoms with Crippen LogP contribution in [0.5, 0.6) is 0 Å². The predicted octanol–water partition coefficient (Wildman–Crippen LogP) is 0.937. The molecule has 1 aliphatic heterocycles. The molecule has 1 saturated heterocycles. The highest BCUT2D eigenvalue weighted by atomic mass is 16.2. The Hall–Kier alpha value is -1.32. The molecule has 0 saturated carbocycles. The first kappa shape index (κ1) is 12.7. The standard InChI is InChI=1S/C12H20N2O2/c1-3-4-5-8-14(2)12(16)10-6-7-11(15)13-9-10/h3,10H,1,4-9H2,2H3,(H,13,15). The van der Waals surface area contributed by atoms with Crippen molar-refractivity contribution in [3.63, 3.8) is 0 Å². The van der Waals surface area contributed by atoms with Gasteiger partial charge in [0.05, 0.1) is 5.92 Å². The van der Waals surface area contributed by atoms with Gasteiger partial charge in [0.2, 0.25) is 11.8 Å². The number of hydrogen-bond acceptors (Lipinski definition) is 2. The van der Waals surface area contributed by atoms with Crippen LogP contribution in [0.25, 0.3) is 0 Å². The zero-order valence-corrected chi connectivity index (χ0v) is 9.87. The normalized spacial score (nSPS) is 20.1. The molecule has 0 radical (unpaired) electrons. The Bertz CT molecular complexity index is 266. The van der Waals surface area contributed by atoms with Gasteiger partial charge in [-0.3, -0.25) is 9.59 Å². The maximum absolute atomic E-state index is 11.9. The molecule has 0 aromatic carbocycles. The van der Waals surface area contributed by atoms with Gasteiger partial charge in [-0.25, -0.2) is 0 Å². The molecule has 90 valence electrons. The molecular formula is C12H20N2O2. The smallest absolute Gasteiger partial charge is 0.227 e. The monoisotopic (exact) mass is 224 g/mol. The molecule has 4 heteroatoms. The highest BCUT2D eigenvalue weighted by molar-refractivity contribution is 5.83. The summed E-state index contributed by atoms with van der Waals surface area (Å²) in [4.78, 5) is 24.7. The van der Waals surface area contributed by atoms with Gasteiger partial charge in [-0.15, -0.1) is 6.58 Å². The van der Waals surface area contributed by atoms with Crippen LogP contribution in [0.1, 0.15) is 25.7 Å². The number of hydrogen-bond donors (Lipinski definition) is 1. The largest absolute Gasteiger partial charge is 0.355 e. The Morgan fingerprint density at radius 1 is 1.69 bits per heavy atom. The van der Waals surface area contributed by atoms with E-state index in [1.165, 1.54) is 0 Å². The van der Waals surface area contributed by atoms with Crippen LogP contribution in [-0.2, 0) is 9.59 Å². The van der Waals surface area contributed by atoms with Crippen LogP contribution in [0.3, 0.4) is 0 Å². The first-order chi connectivity index (χ1) is 7.65. The van der Waals surface area contributed by atoms with Crippen LogP contribution >= 0.6 is 0 Å². The van der Waals surface area contributed by atoms with E-state index in [2.05, 4.69) is 11.9 Å². The highest BCUT2D eigenvalue weighted by Gasteiger charge is 2.26. The number of piperidine rings is 1. The molecule has 1 atom stereocenters. The lowest BCUT2D eigenvalue weighted by Gasteiger charge is -2.26. The van der Waals surface area contributed by atoms with Crippen LogP contribution in [0, 0.1) is 5.92 Å². The third-order valence-corrected chi connectivity index (χ3v) is 2.89. The molecule has 16 heavy (non-hydrogen) atoms. The summed E-state index contributed by atoms with van der Waals surface area (Å²) in [6.45, 7) is 4.90. The second kappa shape index (κ2) is 6.30. The molecule has 1 fully saturated rings. The molecule has 0 aliphatic carbocycles. The van der Waals surface area contributed by atoms with Crippen molar-refractivity contribution in [3.05, 3.63) is 12.7 Å². The third-order valence-electron chi connectivity index (χ3n) is 2.89. The minimum absolute atomic E-state index is 0.0357. The van der Waals surface area contributed by atoms with Crippen molar-refractivity contribution < 1.29 is 9.59 Å². The van der Waals surface area contributed by atoms with Gasteiger partial charge in [0, 0.05) is 26.6 Å². The van der Waals surface area contributed by atoms with Crippen LogP contribution < -0.4 is 5.32 Å². The fourth-order valence-electron chi connectivity index (χ4n) is 1.84. The lowest BCUT2D eigenvalue weighted by Crippen LogP contribution is -2.43. The van der Waals surface area contributed by atoms with Crippen LogP contribution in [0.4, 0.5) is 0 Å². The summed E-state index contributed by atoms with van der Waals surface area (Å²) in [6, 6.07) is 0. The quantitative estimate of drug-likeness (QED) is 0.558. The summed E-state index contributed by atoms with van der Waals surface area (Å²) in [5, 5.41) is 2.73. The summed E-state index contributed by atoms with van der Waals surface area (Å²) in [6.07, 6.45) is 4.89. The first-order valence-corrected chi connectivity index (χ1v) is 5.77. The average molecular weight is 224 g/mol. The lowest BCUT2D eigenvalue weighted by molar-refractivity contribution is -0.136. The number of nitrogens with one attached hydrogen (secondary N) is 1. The number of amides is 2. The van der Waals surface area contributed by atoms with Crippen molar-refractivity contribution in [2.45, 2.75) is 25.7 Å². The van der Waals surface area contributed by atoms with Gasteiger partial charge < -0.3 is 10.2 Å². The first-order valence-electron chi connectivity index (χ1n) is 5.77. The highest BCUT2D eigenvalue weighted by Crippen LogP contribution is 2.13. The zero-order chi connectivity index (χ0) is 12.0. The van der Waals surface area contributed by atoms with E-state index < -0.39 is 0 Å².